The van der Waals surface area contributed by atoms with Gasteiger partial charge in [0.05, 0.1) is 5.56 Å². The second-order valence-corrected chi connectivity index (χ2v) is 9.57. The number of benzene rings is 4. The summed E-state index contributed by atoms with van der Waals surface area (Å²) in [4.78, 5) is 13.8. The number of piperidine rings is 1. The zero-order valence-electron chi connectivity index (χ0n) is 20.5. The quantitative estimate of drug-likeness (QED) is 0.289. The maximum absolute atomic E-state index is 11.5. The molecule has 0 radical (unpaired) electrons. The van der Waals surface area contributed by atoms with Crippen molar-refractivity contribution in [1.82, 2.24) is 5.32 Å². The molecule has 4 aromatic carbocycles. The van der Waals surface area contributed by atoms with Gasteiger partial charge in [-0.05, 0) is 65.9 Å². The van der Waals surface area contributed by atoms with Crippen molar-refractivity contribution in [2.45, 2.75) is 25.3 Å². The maximum atomic E-state index is 11.5. The molecule has 1 saturated heterocycles. The summed E-state index contributed by atoms with van der Waals surface area (Å²) in [6, 6.07) is 33.4. The lowest BCUT2D eigenvalue weighted by Crippen LogP contribution is -2.43. The van der Waals surface area contributed by atoms with Crippen LogP contribution in [0.2, 0.25) is 0 Å². The molecule has 5 rings (SSSR count). The molecule has 3 atom stereocenters. The summed E-state index contributed by atoms with van der Waals surface area (Å²) >= 11 is 0. The summed E-state index contributed by atoms with van der Waals surface area (Å²) in [5, 5.41) is 15.9. The number of carbonyl (C=O) groups is 1. The van der Waals surface area contributed by atoms with Gasteiger partial charge in [-0.1, -0.05) is 78.9 Å². The minimum Gasteiger partial charge on any atom is -0.478 e. The number of carboxylic acid groups (broad SMARTS) is 1. The molecule has 0 aromatic heterocycles. The van der Waals surface area contributed by atoms with E-state index in [1.807, 2.05) is 12.1 Å². The van der Waals surface area contributed by atoms with Crippen LogP contribution in [0, 0.1) is 5.92 Å². The molecule has 1 aliphatic rings. The number of hydrogen-bond donors (Lipinski definition) is 2. The van der Waals surface area contributed by atoms with Gasteiger partial charge in [-0.25, -0.2) is 4.79 Å². The van der Waals surface area contributed by atoms with Gasteiger partial charge in [0, 0.05) is 30.7 Å². The molecule has 0 bridgehead atoms. The van der Waals surface area contributed by atoms with Gasteiger partial charge >= 0.3 is 5.97 Å². The molecular weight excluding hydrogens is 468 g/mol. The van der Waals surface area contributed by atoms with Gasteiger partial charge < -0.3 is 15.3 Å². The van der Waals surface area contributed by atoms with E-state index in [4.69, 9.17) is 0 Å². The number of hydrogen-bond acceptors (Lipinski definition) is 3. The predicted octanol–water partition coefficient (Wildman–Crippen LogP) is 6.92. The van der Waals surface area contributed by atoms with Gasteiger partial charge in [-0.2, -0.15) is 0 Å². The Kier molecular flexibility index (Phi) is 8.29. The van der Waals surface area contributed by atoms with Crippen molar-refractivity contribution in [3.8, 4) is 0 Å². The first-order valence-corrected chi connectivity index (χ1v) is 12.4. The smallest absolute Gasteiger partial charge is 0.335 e. The van der Waals surface area contributed by atoms with E-state index in [-0.39, 0.29) is 18.4 Å². The van der Waals surface area contributed by atoms with Crippen LogP contribution in [0.25, 0.3) is 10.8 Å². The van der Waals surface area contributed by atoms with Crippen LogP contribution >= 0.6 is 12.4 Å². The number of halogens is 1. The second kappa shape index (κ2) is 11.6. The molecule has 0 spiro atoms. The number of fused-ring (bicyclic) bond motifs is 1. The third-order valence-corrected chi connectivity index (χ3v) is 7.42. The lowest BCUT2D eigenvalue weighted by atomic mass is 9.80. The number of nitrogens with one attached hydrogen (secondary N) is 1. The molecule has 2 N–H and O–H groups in total. The summed E-state index contributed by atoms with van der Waals surface area (Å²) in [6.45, 7) is 4.99. The minimum atomic E-state index is -0.882. The van der Waals surface area contributed by atoms with E-state index in [2.05, 4.69) is 89.9 Å². The zero-order chi connectivity index (χ0) is 24.2. The Bertz CT molecular complexity index is 1300. The zero-order valence-corrected chi connectivity index (χ0v) is 21.3. The summed E-state index contributed by atoms with van der Waals surface area (Å²) < 4.78 is 0. The van der Waals surface area contributed by atoms with Gasteiger partial charge in [0.25, 0.3) is 0 Å². The van der Waals surface area contributed by atoms with Crippen LogP contribution in [-0.4, -0.2) is 30.7 Å². The van der Waals surface area contributed by atoms with E-state index in [1.165, 1.54) is 21.9 Å². The number of anilines is 1. The van der Waals surface area contributed by atoms with Crippen LogP contribution in [0.1, 0.15) is 46.8 Å². The fourth-order valence-corrected chi connectivity index (χ4v) is 5.46. The van der Waals surface area contributed by atoms with E-state index in [0.29, 0.717) is 17.4 Å². The molecule has 0 saturated carbocycles. The van der Waals surface area contributed by atoms with Crippen LogP contribution in [-0.2, 0) is 0 Å². The topological polar surface area (TPSA) is 52.6 Å². The van der Waals surface area contributed by atoms with Crippen LogP contribution in [0.3, 0.4) is 0 Å². The molecule has 0 amide bonds. The first-order valence-electron chi connectivity index (χ1n) is 12.4. The number of aromatic carboxylic acids is 1. The monoisotopic (exact) mass is 500 g/mol. The molecule has 4 aromatic rings. The third-order valence-electron chi connectivity index (χ3n) is 7.42. The number of carboxylic acids is 1. The highest BCUT2D eigenvalue weighted by molar-refractivity contribution is 5.89. The molecule has 1 fully saturated rings. The Morgan fingerprint density at radius 2 is 1.69 bits per heavy atom. The normalized spacial score (nSPS) is 18.4. The first-order chi connectivity index (χ1) is 17.1. The second-order valence-electron chi connectivity index (χ2n) is 9.57. The van der Waals surface area contributed by atoms with Crippen LogP contribution in [0.5, 0.6) is 0 Å². The highest BCUT2D eigenvalue weighted by Crippen LogP contribution is 2.35. The van der Waals surface area contributed by atoms with E-state index >= 15 is 0 Å². The summed E-state index contributed by atoms with van der Waals surface area (Å²) in [6.07, 6.45) is 1.05. The summed E-state index contributed by atoms with van der Waals surface area (Å²) in [5.41, 5.74) is 4.01. The largest absolute Gasteiger partial charge is 0.478 e. The summed E-state index contributed by atoms with van der Waals surface area (Å²) in [5.74, 6) is -0.0210. The molecule has 5 heteroatoms. The first kappa shape index (κ1) is 25.7. The lowest BCUT2D eigenvalue weighted by Gasteiger charge is -2.41. The fourth-order valence-electron chi connectivity index (χ4n) is 5.46. The molecule has 36 heavy (non-hydrogen) atoms. The van der Waals surface area contributed by atoms with E-state index < -0.39 is 5.97 Å². The van der Waals surface area contributed by atoms with Crippen molar-refractivity contribution >= 4 is 34.8 Å². The van der Waals surface area contributed by atoms with Crippen molar-refractivity contribution in [2.24, 2.45) is 5.92 Å². The summed E-state index contributed by atoms with van der Waals surface area (Å²) in [7, 11) is 0. The maximum Gasteiger partial charge on any atom is 0.335 e. The Morgan fingerprint density at radius 3 is 2.50 bits per heavy atom. The number of nitrogens with zero attached hydrogens (tertiary/aromatic N) is 1. The van der Waals surface area contributed by atoms with Crippen molar-refractivity contribution in [3.05, 3.63) is 114 Å². The predicted molar refractivity (Wildman–Crippen MR) is 151 cm³/mol. The Labute approximate surface area is 219 Å². The molecule has 2 unspecified atom stereocenters. The van der Waals surface area contributed by atoms with Crippen molar-refractivity contribution in [2.75, 3.05) is 24.5 Å². The van der Waals surface area contributed by atoms with Gasteiger partial charge in [0.2, 0.25) is 0 Å². The van der Waals surface area contributed by atoms with Crippen LogP contribution < -0.4 is 10.2 Å². The van der Waals surface area contributed by atoms with Crippen molar-refractivity contribution < 1.29 is 9.90 Å². The van der Waals surface area contributed by atoms with Gasteiger partial charge in [-0.15, -0.1) is 12.4 Å². The highest BCUT2D eigenvalue weighted by atomic mass is 35.5. The van der Waals surface area contributed by atoms with E-state index in [9.17, 15) is 9.90 Å². The van der Waals surface area contributed by atoms with Crippen LogP contribution in [0.4, 0.5) is 5.69 Å². The lowest BCUT2D eigenvalue weighted by molar-refractivity contribution is 0.0697. The average Bonchev–Trinajstić information content (AvgIpc) is 2.92. The number of rotatable bonds is 7. The SMILES string of the molecule is C[C@@H](NCC1CCN(c2cccc(C(=O)O)c2)CC1c1ccccc1)c1cccc2ccccc12.Cl. The molecule has 1 aliphatic heterocycles. The van der Waals surface area contributed by atoms with Crippen molar-refractivity contribution in [1.29, 1.82) is 0 Å². The highest BCUT2D eigenvalue weighted by Gasteiger charge is 2.31. The Morgan fingerprint density at radius 1 is 0.972 bits per heavy atom. The molecule has 0 aliphatic carbocycles. The third kappa shape index (κ3) is 5.56. The van der Waals surface area contributed by atoms with Crippen LogP contribution in [0.15, 0.2) is 97.1 Å². The van der Waals surface area contributed by atoms with Crippen molar-refractivity contribution in [3.63, 3.8) is 0 Å². The molecule has 1 heterocycles. The molecular formula is C31H33ClN2O2. The van der Waals surface area contributed by atoms with E-state index in [1.54, 1.807) is 12.1 Å². The Balaban J connectivity index is 0.00000304. The minimum absolute atomic E-state index is 0. The van der Waals surface area contributed by atoms with Gasteiger partial charge in [0.15, 0.2) is 0 Å². The molecule has 4 nitrogen and oxygen atoms in total. The molecule has 186 valence electrons. The average molecular weight is 501 g/mol. The van der Waals surface area contributed by atoms with E-state index in [0.717, 1.165) is 31.7 Å². The fraction of sp³-hybridized carbons (Fsp3) is 0.258. The van der Waals surface area contributed by atoms with Gasteiger partial charge in [-0.3, -0.25) is 0 Å². The Hall–Kier alpha value is -3.34. The van der Waals surface area contributed by atoms with Gasteiger partial charge in [0.1, 0.15) is 0 Å². The standard InChI is InChI=1S/C31H32N2O2.ClH/c1-22(28-16-8-12-23-11-5-6-15-29(23)28)32-20-26-17-18-33(21-30(26)24-9-3-2-4-10-24)27-14-7-13-25(19-27)31(34)35;/h2-16,19,22,26,30,32H,17-18,20-21H2,1H3,(H,34,35);1H/t22-,26?,30?;/m1./s1.